The highest BCUT2D eigenvalue weighted by atomic mass is 16.5. The molecule has 1 aromatic rings. The van der Waals surface area contributed by atoms with Crippen LogP contribution in [0, 0.1) is 5.92 Å². The van der Waals surface area contributed by atoms with Crippen molar-refractivity contribution in [3.63, 3.8) is 0 Å². The second-order valence-corrected chi connectivity index (χ2v) is 7.67. The molecule has 1 aromatic carbocycles. The Labute approximate surface area is 164 Å². The van der Waals surface area contributed by atoms with Crippen molar-refractivity contribution in [2.45, 2.75) is 51.8 Å². The van der Waals surface area contributed by atoms with Gasteiger partial charge in [-0.15, -0.1) is 0 Å². The van der Waals surface area contributed by atoms with E-state index in [2.05, 4.69) is 10.6 Å². The van der Waals surface area contributed by atoms with Gasteiger partial charge in [-0.05, 0) is 57.7 Å². The number of benzene rings is 1. The number of carbonyl (C=O) groups excluding carboxylic acids is 3. The van der Waals surface area contributed by atoms with Crippen LogP contribution in [0.3, 0.4) is 0 Å². The minimum absolute atomic E-state index is 0.0252. The molecule has 3 unspecified atom stereocenters. The fraction of sp³-hybridized carbons (Fsp3) is 0.550. The van der Waals surface area contributed by atoms with Gasteiger partial charge in [-0.25, -0.2) is 0 Å². The van der Waals surface area contributed by atoms with Gasteiger partial charge < -0.3 is 26.0 Å². The van der Waals surface area contributed by atoms with Gasteiger partial charge in [0.25, 0.3) is 11.8 Å². The number of hydrogen-bond acceptors (Lipinski definition) is 5. The second-order valence-electron chi connectivity index (χ2n) is 7.67. The molecule has 0 aromatic heterocycles. The van der Waals surface area contributed by atoms with Crippen LogP contribution < -0.4 is 21.1 Å². The molecule has 1 saturated heterocycles. The molecule has 0 radical (unpaired) electrons. The zero-order valence-electron chi connectivity index (χ0n) is 16.5. The Bertz CT molecular complexity index is 771. The van der Waals surface area contributed by atoms with Crippen LogP contribution in [0.2, 0.25) is 0 Å². The Kier molecular flexibility index (Phi) is 5.88. The molecule has 3 atom stereocenters. The van der Waals surface area contributed by atoms with Gasteiger partial charge in [-0.1, -0.05) is 0 Å². The standard InChI is InChI=1S/C20H28N4O4/c1-11(21)20(27)24-8-6-14(7-9-24)12(2)22-19(26)15-4-5-17-16(10-15)23-18(25)13(3)28-17/h4-5,10-14H,6-9,21H2,1-3H3,(H,22,26)(H,23,25). The molecule has 2 aliphatic heterocycles. The predicted octanol–water partition coefficient (Wildman–Crippen LogP) is 1.11. The highest BCUT2D eigenvalue weighted by Crippen LogP contribution is 2.30. The summed E-state index contributed by atoms with van der Waals surface area (Å²) in [6.07, 6.45) is 1.10. The van der Waals surface area contributed by atoms with Gasteiger partial charge in [0.05, 0.1) is 11.7 Å². The maximum atomic E-state index is 12.6. The van der Waals surface area contributed by atoms with E-state index in [4.69, 9.17) is 10.5 Å². The van der Waals surface area contributed by atoms with Crippen LogP contribution in [-0.4, -0.2) is 53.9 Å². The summed E-state index contributed by atoms with van der Waals surface area (Å²) in [4.78, 5) is 38.2. The molecular weight excluding hydrogens is 360 g/mol. The summed E-state index contributed by atoms with van der Waals surface area (Å²) in [5, 5.41) is 5.79. The van der Waals surface area contributed by atoms with E-state index in [1.54, 1.807) is 36.9 Å². The normalized spacial score (nSPS) is 21.8. The number of amides is 3. The lowest BCUT2D eigenvalue weighted by Gasteiger charge is -2.35. The van der Waals surface area contributed by atoms with Gasteiger partial charge in [-0.2, -0.15) is 0 Å². The van der Waals surface area contributed by atoms with Crippen LogP contribution in [0.15, 0.2) is 18.2 Å². The SMILES string of the molecule is CC(N)C(=O)N1CCC(C(C)NC(=O)c2ccc3c(c2)NC(=O)C(C)O3)CC1. The van der Waals surface area contributed by atoms with E-state index in [-0.39, 0.29) is 23.8 Å². The van der Waals surface area contributed by atoms with Crippen molar-refractivity contribution in [1.82, 2.24) is 10.2 Å². The van der Waals surface area contributed by atoms with E-state index in [9.17, 15) is 14.4 Å². The smallest absolute Gasteiger partial charge is 0.265 e. The van der Waals surface area contributed by atoms with Crippen molar-refractivity contribution in [1.29, 1.82) is 0 Å². The monoisotopic (exact) mass is 388 g/mol. The minimum atomic E-state index is -0.549. The van der Waals surface area contributed by atoms with Gasteiger partial charge in [-0.3, -0.25) is 14.4 Å². The first-order valence-corrected chi connectivity index (χ1v) is 9.73. The topological polar surface area (TPSA) is 114 Å². The summed E-state index contributed by atoms with van der Waals surface area (Å²) >= 11 is 0. The molecule has 2 aliphatic rings. The summed E-state index contributed by atoms with van der Waals surface area (Å²) in [6.45, 7) is 6.67. The summed E-state index contributed by atoms with van der Waals surface area (Å²) in [6, 6.07) is 4.51. The van der Waals surface area contributed by atoms with E-state index in [0.29, 0.717) is 36.0 Å². The Hall–Kier alpha value is -2.61. The summed E-state index contributed by atoms with van der Waals surface area (Å²) in [5.74, 6) is 0.400. The highest BCUT2D eigenvalue weighted by molar-refractivity contribution is 6.01. The number of nitrogens with zero attached hydrogens (tertiary/aromatic N) is 1. The first-order valence-electron chi connectivity index (χ1n) is 9.73. The first kappa shape index (κ1) is 20.1. The number of rotatable bonds is 4. The first-order chi connectivity index (χ1) is 13.3. The van der Waals surface area contributed by atoms with Gasteiger partial charge in [0.2, 0.25) is 5.91 Å². The third-order valence-electron chi connectivity index (χ3n) is 5.48. The maximum absolute atomic E-state index is 12.6. The molecule has 0 bridgehead atoms. The number of carbonyl (C=O) groups is 3. The van der Waals surface area contributed by atoms with Crippen molar-refractivity contribution in [2.24, 2.45) is 11.7 Å². The van der Waals surface area contributed by atoms with Crippen LogP contribution in [0.5, 0.6) is 5.75 Å². The minimum Gasteiger partial charge on any atom is -0.479 e. The number of nitrogens with two attached hydrogens (primary N) is 1. The highest BCUT2D eigenvalue weighted by Gasteiger charge is 2.29. The number of nitrogens with one attached hydrogen (secondary N) is 2. The summed E-state index contributed by atoms with van der Waals surface area (Å²) < 4.78 is 5.52. The van der Waals surface area contributed by atoms with Crippen molar-refractivity contribution >= 4 is 23.4 Å². The lowest BCUT2D eigenvalue weighted by atomic mass is 9.90. The average Bonchev–Trinajstić information content (AvgIpc) is 2.67. The van der Waals surface area contributed by atoms with Crippen molar-refractivity contribution < 1.29 is 19.1 Å². The third-order valence-corrected chi connectivity index (χ3v) is 5.48. The number of hydrogen-bond donors (Lipinski definition) is 3. The van der Waals surface area contributed by atoms with Gasteiger partial charge in [0.15, 0.2) is 6.10 Å². The molecule has 0 saturated carbocycles. The second kappa shape index (κ2) is 8.18. The third kappa shape index (κ3) is 4.27. The molecule has 28 heavy (non-hydrogen) atoms. The zero-order valence-corrected chi connectivity index (χ0v) is 16.5. The van der Waals surface area contributed by atoms with Crippen molar-refractivity contribution in [3.05, 3.63) is 23.8 Å². The number of likely N-dealkylation sites (tertiary alicyclic amines) is 1. The summed E-state index contributed by atoms with van der Waals surface area (Å²) in [5.41, 5.74) is 6.64. The lowest BCUT2D eigenvalue weighted by Crippen LogP contribution is -2.49. The molecule has 3 amide bonds. The van der Waals surface area contributed by atoms with E-state index >= 15 is 0 Å². The van der Waals surface area contributed by atoms with Crippen molar-refractivity contribution in [3.8, 4) is 5.75 Å². The van der Waals surface area contributed by atoms with Crippen LogP contribution in [0.25, 0.3) is 0 Å². The molecule has 0 aliphatic carbocycles. The predicted molar refractivity (Wildman–Crippen MR) is 105 cm³/mol. The van der Waals surface area contributed by atoms with E-state index in [1.807, 2.05) is 6.92 Å². The number of anilines is 1. The largest absolute Gasteiger partial charge is 0.479 e. The number of ether oxygens (including phenoxy) is 1. The Morgan fingerprint density at radius 3 is 2.61 bits per heavy atom. The molecule has 2 heterocycles. The zero-order chi connectivity index (χ0) is 20.4. The fourth-order valence-corrected chi connectivity index (χ4v) is 3.67. The lowest BCUT2D eigenvalue weighted by molar-refractivity contribution is -0.133. The number of piperidine rings is 1. The van der Waals surface area contributed by atoms with Crippen LogP contribution in [-0.2, 0) is 9.59 Å². The van der Waals surface area contributed by atoms with Gasteiger partial charge in [0.1, 0.15) is 5.75 Å². The molecule has 1 fully saturated rings. The molecule has 152 valence electrons. The maximum Gasteiger partial charge on any atom is 0.265 e. The molecular formula is C20H28N4O4. The molecule has 0 spiro atoms. The Morgan fingerprint density at radius 1 is 1.29 bits per heavy atom. The van der Waals surface area contributed by atoms with E-state index in [0.717, 1.165) is 12.8 Å². The Morgan fingerprint density at radius 2 is 1.96 bits per heavy atom. The van der Waals surface area contributed by atoms with Crippen LogP contribution in [0.4, 0.5) is 5.69 Å². The van der Waals surface area contributed by atoms with Crippen molar-refractivity contribution in [2.75, 3.05) is 18.4 Å². The Balaban J connectivity index is 1.57. The van der Waals surface area contributed by atoms with Gasteiger partial charge >= 0.3 is 0 Å². The molecule has 3 rings (SSSR count). The molecule has 4 N–H and O–H groups in total. The fourth-order valence-electron chi connectivity index (χ4n) is 3.67. The summed E-state index contributed by atoms with van der Waals surface area (Å²) in [7, 11) is 0. The van der Waals surface area contributed by atoms with E-state index < -0.39 is 12.1 Å². The average molecular weight is 388 g/mol. The van der Waals surface area contributed by atoms with Crippen LogP contribution >= 0.6 is 0 Å². The molecule has 8 nitrogen and oxygen atoms in total. The van der Waals surface area contributed by atoms with E-state index in [1.165, 1.54) is 0 Å². The van der Waals surface area contributed by atoms with Gasteiger partial charge in [0, 0.05) is 24.7 Å². The quantitative estimate of drug-likeness (QED) is 0.715. The molecule has 8 heteroatoms. The number of fused-ring (bicyclic) bond motifs is 1. The van der Waals surface area contributed by atoms with Crippen LogP contribution in [0.1, 0.15) is 44.0 Å².